The predicted octanol–water partition coefficient (Wildman–Crippen LogP) is 4.60. The lowest BCUT2D eigenvalue weighted by molar-refractivity contribution is -0.148. The van der Waals surface area contributed by atoms with Crippen molar-refractivity contribution in [2.45, 2.75) is 26.9 Å². The fraction of sp³-hybridized carbons (Fsp3) is 0.214. The second-order valence-corrected chi connectivity index (χ2v) is 8.06. The minimum Gasteiger partial charge on any atom is -0.458 e. The van der Waals surface area contributed by atoms with Crippen molar-refractivity contribution >= 4 is 23.9 Å². The summed E-state index contributed by atoms with van der Waals surface area (Å²) in [5.74, 6) is -2.13. The monoisotopic (exact) mass is 492 g/mol. The Hall–Kier alpha value is -4.46. The van der Waals surface area contributed by atoms with Gasteiger partial charge in [0.1, 0.15) is 19.0 Å². The van der Waals surface area contributed by atoms with Gasteiger partial charge in [-0.1, -0.05) is 44.0 Å². The van der Waals surface area contributed by atoms with Crippen LogP contribution in [0.1, 0.15) is 31.1 Å². The Kier molecular flexibility index (Phi) is 9.92. The Labute approximate surface area is 209 Å². The first-order valence-electron chi connectivity index (χ1n) is 10.9. The molecule has 0 unspecified atom stereocenters. The summed E-state index contributed by atoms with van der Waals surface area (Å²) in [6.45, 7) is 14.4. The van der Waals surface area contributed by atoms with Crippen LogP contribution >= 0.6 is 0 Å². The quantitative estimate of drug-likeness (QED) is 0.194. The van der Waals surface area contributed by atoms with Gasteiger partial charge in [0, 0.05) is 16.7 Å². The average molecular weight is 493 g/mol. The van der Waals surface area contributed by atoms with Gasteiger partial charge < -0.3 is 18.9 Å². The van der Waals surface area contributed by atoms with Crippen LogP contribution in [-0.4, -0.2) is 43.2 Å². The van der Waals surface area contributed by atoms with Crippen LogP contribution in [0, 0.1) is 0 Å². The largest absolute Gasteiger partial charge is 0.458 e. The average Bonchev–Trinajstić information content (AvgIpc) is 2.85. The Morgan fingerprint density at radius 3 is 1.50 bits per heavy atom. The number of carbonyl (C=O) groups excluding carboxylic acids is 4. The highest BCUT2D eigenvalue weighted by Gasteiger charge is 2.21. The molecule has 0 heterocycles. The first-order valence-corrected chi connectivity index (χ1v) is 10.9. The molecule has 0 saturated heterocycles. The van der Waals surface area contributed by atoms with Gasteiger partial charge in [0.05, 0.1) is 5.56 Å². The molecule has 0 aliphatic rings. The normalized spacial score (nSPS) is 10.2. The van der Waals surface area contributed by atoms with E-state index < -0.39 is 30.0 Å². The van der Waals surface area contributed by atoms with Crippen molar-refractivity contribution in [1.82, 2.24) is 0 Å². The molecule has 8 nitrogen and oxygen atoms in total. The molecule has 36 heavy (non-hydrogen) atoms. The molecule has 2 aromatic rings. The first kappa shape index (κ1) is 27.8. The van der Waals surface area contributed by atoms with Gasteiger partial charge in [0.2, 0.25) is 0 Å². The third-order valence-corrected chi connectivity index (χ3v) is 4.64. The molecule has 2 aromatic carbocycles. The molecule has 2 rings (SSSR count). The van der Waals surface area contributed by atoms with Gasteiger partial charge in [-0.3, -0.25) is 0 Å². The fourth-order valence-electron chi connectivity index (χ4n) is 2.63. The molecule has 0 spiro atoms. The van der Waals surface area contributed by atoms with E-state index in [4.69, 9.17) is 18.9 Å². The maximum absolute atomic E-state index is 12.7. The smallest absolute Gasteiger partial charge is 0.338 e. The summed E-state index contributed by atoms with van der Waals surface area (Å²) in [4.78, 5) is 47.7. The van der Waals surface area contributed by atoms with Crippen LogP contribution < -0.4 is 4.74 Å². The van der Waals surface area contributed by atoms with E-state index in [9.17, 15) is 19.2 Å². The second-order valence-electron chi connectivity index (χ2n) is 8.06. The number of rotatable bonds is 11. The molecule has 0 amide bonds. The Balaban J connectivity index is 2.07. The summed E-state index contributed by atoms with van der Waals surface area (Å²) in [5.41, 5.74) is 2.54. The van der Waals surface area contributed by atoms with Crippen LogP contribution in [0.15, 0.2) is 85.0 Å². The van der Waals surface area contributed by atoms with Crippen molar-refractivity contribution in [1.29, 1.82) is 0 Å². The SMILES string of the molecule is C=C(C)C(=O)OCC(COC(=O)C(=C)C)OC(=O)c1ccc(-c2ccc(OC(=O)C(=C)C)cc2)cc1. The number of carbonyl (C=O) groups is 4. The molecule has 0 aliphatic heterocycles. The van der Waals surface area contributed by atoms with Gasteiger partial charge in [0.25, 0.3) is 0 Å². The van der Waals surface area contributed by atoms with E-state index in [-0.39, 0.29) is 29.9 Å². The lowest BCUT2D eigenvalue weighted by Crippen LogP contribution is -2.31. The van der Waals surface area contributed by atoms with E-state index in [0.717, 1.165) is 11.1 Å². The summed E-state index contributed by atoms with van der Waals surface area (Å²) in [7, 11) is 0. The molecule has 0 aliphatic carbocycles. The molecule has 8 heteroatoms. The zero-order chi connectivity index (χ0) is 26.8. The zero-order valence-corrected chi connectivity index (χ0v) is 20.5. The van der Waals surface area contributed by atoms with Crippen molar-refractivity contribution in [3.05, 3.63) is 90.6 Å². The third kappa shape index (κ3) is 8.39. The lowest BCUT2D eigenvalue weighted by atomic mass is 10.0. The summed E-state index contributed by atoms with van der Waals surface area (Å²) in [6.07, 6.45) is -1.03. The molecule has 0 aromatic heterocycles. The van der Waals surface area contributed by atoms with Gasteiger partial charge in [-0.25, -0.2) is 19.2 Å². The summed E-state index contributed by atoms with van der Waals surface area (Å²) in [6, 6.07) is 13.5. The highest BCUT2D eigenvalue weighted by molar-refractivity contribution is 5.91. The van der Waals surface area contributed by atoms with Crippen LogP contribution in [0.25, 0.3) is 11.1 Å². The van der Waals surface area contributed by atoms with Gasteiger partial charge in [-0.2, -0.15) is 0 Å². The number of benzene rings is 2. The topological polar surface area (TPSA) is 105 Å². The molecule has 0 fully saturated rings. The minimum absolute atomic E-state index is 0.177. The van der Waals surface area contributed by atoms with Crippen LogP contribution in [0.3, 0.4) is 0 Å². The van der Waals surface area contributed by atoms with Crippen molar-refractivity contribution in [3.8, 4) is 16.9 Å². The molecular formula is C28H28O8. The first-order chi connectivity index (χ1) is 17.0. The van der Waals surface area contributed by atoms with E-state index in [1.165, 1.54) is 13.8 Å². The van der Waals surface area contributed by atoms with Gasteiger partial charge in [0.15, 0.2) is 6.10 Å². The lowest BCUT2D eigenvalue weighted by Gasteiger charge is -2.18. The maximum atomic E-state index is 12.7. The zero-order valence-electron chi connectivity index (χ0n) is 20.5. The predicted molar refractivity (Wildman–Crippen MR) is 133 cm³/mol. The van der Waals surface area contributed by atoms with E-state index in [1.54, 1.807) is 55.5 Å². The molecule has 0 N–H and O–H groups in total. The van der Waals surface area contributed by atoms with E-state index in [2.05, 4.69) is 19.7 Å². The minimum atomic E-state index is -1.03. The van der Waals surface area contributed by atoms with Crippen LogP contribution in [-0.2, 0) is 28.6 Å². The second kappa shape index (κ2) is 12.9. The van der Waals surface area contributed by atoms with Crippen molar-refractivity contribution in [2.24, 2.45) is 0 Å². The van der Waals surface area contributed by atoms with Crippen LogP contribution in [0.4, 0.5) is 0 Å². The Morgan fingerprint density at radius 1 is 0.667 bits per heavy atom. The highest BCUT2D eigenvalue weighted by Crippen LogP contribution is 2.23. The van der Waals surface area contributed by atoms with Crippen LogP contribution in [0.2, 0.25) is 0 Å². The van der Waals surface area contributed by atoms with Gasteiger partial charge in [-0.05, 0) is 56.2 Å². The molecule has 0 saturated carbocycles. The van der Waals surface area contributed by atoms with E-state index in [1.807, 2.05) is 0 Å². The third-order valence-electron chi connectivity index (χ3n) is 4.64. The molecule has 0 atom stereocenters. The molecular weight excluding hydrogens is 464 g/mol. The summed E-state index contributed by atoms with van der Waals surface area (Å²) >= 11 is 0. The van der Waals surface area contributed by atoms with Crippen molar-refractivity contribution < 1.29 is 38.1 Å². The number of hydrogen-bond acceptors (Lipinski definition) is 8. The fourth-order valence-corrected chi connectivity index (χ4v) is 2.63. The highest BCUT2D eigenvalue weighted by atomic mass is 16.6. The van der Waals surface area contributed by atoms with Gasteiger partial charge in [-0.15, -0.1) is 0 Å². The Morgan fingerprint density at radius 2 is 1.08 bits per heavy atom. The summed E-state index contributed by atoms with van der Waals surface area (Å²) in [5, 5.41) is 0. The van der Waals surface area contributed by atoms with Gasteiger partial charge >= 0.3 is 23.9 Å². The van der Waals surface area contributed by atoms with E-state index >= 15 is 0 Å². The van der Waals surface area contributed by atoms with Crippen molar-refractivity contribution in [3.63, 3.8) is 0 Å². The molecule has 0 radical (unpaired) electrons. The Bertz CT molecular complexity index is 1140. The maximum Gasteiger partial charge on any atom is 0.338 e. The number of esters is 4. The standard InChI is InChI=1S/C28H28O8/c1-17(2)25(29)33-15-24(16-34-26(30)18(3)4)36-28(32)22-9-7-20(8-10-22)21-11-13-23(14-12-21)35-27(31)19(5)6/h7-14,24H,1,3,5,15-16H2,2,4,6H3. The molecule has 188 valence electrons. The van der Waals surface area contributed by atoms with Crippen molar-refractivity contribution in [2.75, 3.05) is 13.2 Å². The van der Waals surface area contributed by atoms with E-state index in [0.29, 0.717) is 11.3 Å². The number of hydrogen-bond donors (Lipinski definition) is 0. The molecule has 0 bridgehead atoms. The summed E-state index contributed by atoms with van der Waals surface area (Å²) < 4.78 is 20.7. The number of ether oxygens (including phenoxy) is 4. The van der Waals surface area contributed by atoms with Crippen LogP contribution in [0.5, 0.6) is 5.75 Å².